The number of halogens is 2. The third kappa shape index (κ3) is 4.40. The smallest absolute Gasteiger partial charge is 0.265 e. The zero-order chi connectivity index (χ0) is 23.0. The molecule has 2 aromatic carbocycles. The number of benzene rings is 2. The van der Waals surface area contributed by atoms with Crippen LogP contribution in [0.5, 0.6) is 11.5 Å². The van der Waals surface area contributed by atoms with E-state index in [4.69, 9.17) is 42.0 Å². The van der Waals surface area contributed by atoms with Crippen LogP contribution in [0.4, 0.5) is 0 Å². The molecule has 172 valence electrons. The molecule has 0 radical (unpaired) electrons. The summed E-state index contributed by atoms with van der Waals surface area (Å²) in [5.41, 5.74) is 4.30. The molecule has 0 saturated heterocycles. The van der Waals surface area contributed by atoms with Gasteiger partial charge in [-0.05, 0) is 75.1 Å². The second kappa shape index (κ2) is 8.89. The highest BCUT2D eigenvalue weighted by Gasteiger charge is 2.38. The number of aromatic nitrogens is 2. The van der Waals surface area contributed by atoms with Gasteiger partial charge in [-0.3, -0.25) is 10.3 Å². The van der Waals surface area contributed by atoms with Crippen LogP contribution in [0, 0.1) is 0 Å². The predicted octanol–water partition coefficient (Wildman–Crippen LogP) is 6.16. The molecule has 9 heteroatoms. The molecule has 1 atom stereocenters. The first kappa shape index (κ1) is 22.1. The molecule has 0 bridgehead atoms. The van der Waals surface area contributed by atoms with Crippen molar-refractivity contribution in [1.29, 1.82) is 0 Å². The molecule has 1 fully saturated rings. The minimum absolute atomic E-state index is 0.220. The van der Waals surface area contributed by atoms with Crippen molar-refractivity contribution < 1.29 is 18.8 Å². The Hall–Kier alpha value is -2.74. The molecular weight excluding hydrogens is 465 g/mol. The van der Waals surface area contributed by atoms with Crippen molar-refractivity contribution in [1.82, 2.24) is 15.6 Å². The van der Waals surface area contributed by atoms with Crippen LogP contribution in [-0.2, 0) is 10.4 Å². The van der Waals surface area contributed by atoms with Gasteiger partial charge in [-0.2, -0.15) is 4.98 Å². The maximum atomic E-state index is 6.29. The van der Waals surface area contributed by atoms with E-state index in [-0.39, 0.29) is 6.10 Å². The van der Waals surface area contributed by atoms with Gasteiger partial charge in [-0.1, -0.05) is 28.4 Å². The van der Waals surface area contributed by atoms with E-state index < -0.39 is 5.60 Å². The first-order valence-electron chi connectivity index (χ1n) is 10.8. The fraction of sp³-hybridized carbons (Fsp3) is 0.333. The van der Waals surface area contributed by atoms with E-state index in [1.807, 2.05) is 31.2 Å². The van der Waals surface area contributed by atoms with E-state index in [9.17, 15) is 0 Å². The van der Waals surface area contributed by atoms with E-state index in [0.717, 1.165) is 29.9 Å². The Morgan fingerprint density at radius 2 is 1.91 bits per heavy atom. The third-order valence-electron chi connectivity index (χ3n) is 5.89. The van der Waals surface area contributed by atoms with Crippen molar-refractivity contribution in [2.75, 3.05) is 7.11 Å². The topological polar surface area (TPSA) is 78.6 Å². The average Bonchev–Trinajstić information content (AvgIpc) is 3.55. The van der Waals surface area contributed by atoms with Crippen molar-refractivity contribution in [2.45, 2.75) is 44.3 Å². The lowest BCUT2D eigenvalue weighted by Crippen LogP contribution is -2.23. The summed E-state index contributed by atoms with van der Waals surface area (Å²) in [6.45, 7) is 1.84. The Kier molecular flexibility index (Phi) is 5.95. The summed E-state index contributed by atoms with van der Waals surface area (Å²) in [6.07, 6.45) is 6.63. The van der Waals surface area contributed by atoms with Gasteiger partial charge in [-0.25, -0.2) is 0 Å². The van der Waals surface area contributed by atoms with E-state index in [1.165, 1.54) is 12.8 Å². The molecule has 2 aliphatic rings. The number of hydrogen-bond donors (Lipinski definition) is 1. The van der Waals surface area contributed by atoms with E-state index in [2.05, 4.69) is 15.6 Å². The van der Waals surface area contributed by atoms with Gasteiger partial charge in [0.2, 0.25) is 5.82 Å². The number of ether oxygens (including phenoxy) is 2. The summed E-state index contributed by atoms with van der Waals surface area (Å²) in [6, 6.07) is 10.9. The van der Waals surface area contributed by atoms with Crippen molar-refractivity contribution in [2.24, 2.45) is 0 Å². The molecule has 5 rings (SSSR count). The first-order chi connectivity index (χ1) is 15.9. The minimum atomic E-state index is -0.966. The standard InChI is InChI=1S/C24H23Cl2N3O4/c1-24(23-27-22(29-32-23)17-9-8-15(25)12-18(17)26)13-19(28-33-24)14-7-10-20(30-2)21(11-14)31-16-5-3-4-6-16/h7-13,16,28H,3-6H2,1-2H3. The SMILES string of the molecule is COc1ccc(C2=CC(C)(c3nc(-c4ccc(Cl)cc4Cl)no3)ON2)cc1OC1CCCC1. The largest absolute Gasteiger partial charge is 0.493 e. The Balaban J connectivity index is 1.41. The Labute approximate surface area is 201 Å². The molecule has 1 saturated carbocycles. The second-order valence-corrected chi connectivity index (χ2v) is 9.15. The van der Waals surface area contributed by atoms with Gasteiger partial charge in [0.25, 0.3) is 5.89 Å². The summed E-state index contributed by atoms with van der Waals surface area (Å²) in [4.78, 5) is 10.4. The lowest BCUT2D eigenvalue weighted by molar-refractivity contribution is -0.0445. The molecule has 1 aromatic heterocycles. The van der Waals surface area contributed by atoms with Crippen LogP contribution in [-0.4, -0.2) is 23.4 Å². The molecule has 1 N–H and O–H groups in total. The summed E-state index contributed by atoms with van der Waals surface area (Å²) >= 11 is 12.3. The summed E-state index contributed by atoms with van der Waals surface area (Å²) < 4.78 is 17.2. The van der Waals surface area contributed by atoms with Gasteiger partial charge < -0.3 is 14.0 Å². The molecule has 1 aliphatic carbocycles. The maximum Gasteiger partial charge on any atom is 0.265 e. The molecular formula is C24H23Cl2N3O4. The van der Waals surface area contributed by atoms with Crippen molar-refractivity contribution >= 4 is 28.9 Å². The number of hydroxylamine groups is 1. The lowest BCUT2D eigenvalue weighted by atomic mass is 10.0. The predicted molar refractivity (Wildman–Crippen MR) is 125 cm³/mol. The van der Waals surface area contributed by atoms with Gasteiger partial charge in [-0.15, -0.1) is 0 Å². The zero-order valence-electron chi connectivity index (χ0n) is 18.2. The van der Waals surface area contributed by atoms with Crippen LogP contribution in [0.1, 0.15) is 44.1 Å². The molecule has 1 aliphatic heterocycles. The Morgan fingerprint density at radius 1 is 1.09 bits per heavy atom. The Morgan fingerprint density at radius 3 is 2.67 bits per heavy atom. The highest BCUT2D eigenvalue weighted by atomic mass is 35.5. The van der Waals surface area contributed by atoms with Crippen LogP contribution >= 0.6 is 23.2 Å². The van der Waals surface area contributed by atoms with E-state index in [1.54, 1.807) is 25.3 Å². The van der Waals surface area contributed by atoms with Crippen molar-refractivity contribution in [3.05, 3.63) is 64.0 Å². The summed E-state index contributed by atoms with van der Waals surface area (Å²) in [5, 5.41) is 5.04. The van der Waals surface area contributed by atoms with Crippen LogP contribution in [0.25, 0.3) is 17.1 Å². The van der Waals surface area contributed by atoms with E-state index in [0.29, 0.717) is 33.1 Å². The number of nitrogens with one attached hydrogen (secondary N) is 1. The maximum absolute atomic E-state index is 6.29. The zero-order valence-corrected chi connectivity index (χ0v) is 19.7. The number of hydrogen-bond acceptors (Lipinski definition) is 7. The quantitative estimate of drug-likeness (QED) is 0.445. The number of nitrogens with zero attached hydrogens (tertiary/aromatic N) is 2. The number of methoxy groups -OCH3 is 1. The Bertz CT molecular complexity index is 1210. The van der Waals surface area contributed by atoms with Gasteiger partial charge >= 0.3 is 0 Å². The lowest BCUT2D eigenvalue weighted by Gasteiger charge is -2.17. The van der Waals surface area contributed by atoms with Gasteiger partial charge in [0.15, 0.2) is 17.1 Å². The normalized spacial score (nSPS) is 20.5. The van der Waals surface area contributed by atoms with Gasteiger partial charge in [0.1, 0.15) is 0 Å². The number of rotatable bonds is 6. The fourth-order valence-corrected chi connectivity index (χ4v) is 4.56. The van der Waals surface area contributed by atoms with Crippen LogP contribution in [0.3, 0.4) is 0 Å². The molecule has 1 unspecified atom stereocenters. The highest BCUT2D eigenvalue weighted by Crippen LogP contribution is 2.38. The van der Waals surface area contributed by atoms with Crippen LogP contribution in [0.15, 0.2) is 47.0 Å². The van der Waals surface area contributed by atoms with Crippen molar-refractivity contribution in [3.8, 4) is 22.9 Å². The molecule has 7 nitrogen and oxygen atoms in total. The third-order valence-corrected chi connectivity index (χ3v) is 6.43. The second-order valence-electron chi connectivity index (χ2n) is 8.31. The minimum Gasteiger partial charge on any atom is -0.493 e. The monoisotopic (exact) mass is 487 g/mol. The fourth-order valence-electron chi connectivity index (χ4n) is 4.07. The van der Waals surface area contributed by atoms with E-state index >= 15 is 0 Å². The molecule has 33 heavy (non-hydrogen) atoms. The molecule has 0 amide bonds. The molecule has 2 heterocycles. The average molecular weight is 488 g/mol. The van der Waals surface area contributed by atoms with Crippen LogP contribution < -0.4 is 15.0 Å². The summed E-state index contributed by atoms with van der Waals surface area (Å²) in [7, 11) is 1.64. The highest BCUT2D eigenvalue weighted by molar-refractivity contribution is 6.36. The molecule has 3 aromatic rings. The van der Waals surface area contributed by atoms with Crippen molar-refractivity contribution in [3.63, 3.8) is 0 Å². The van der Waals surface area contributed by atoms with Gasteiger partial charge in [0, 0.05) is 16.1 Å². The first-order valence-corrected chi connectivity index (χ1v) is 11.5. The van der Waals surface area contributed by atoms with Gasteiger partial charge in [0.05, 0.1) is 23.9 Å². The van der Waals surface area contributed by atoms with Crippen LogP contribution in [0.2, 0.25) is 10.0 Å². The molecule has 0 spiro atoms. The summed E-state index contributed by atoms with van der Waals surface area (Å²) in [5.74, 6) is 2.07.